The summed E-state index contributed by atoms with van der Waals surface area (Å²) in [6.07, 6.45) is 0.760. The van der Waals surface area contributed by atoms with Crippen LogP contribution in [0.3, 0.4) is 0 Å². The molecule has 0 spiro atoms. The third kappa shape index (κ3) is 2.22. The van der Waals surface area contributed by atoms with Gasteiger partial charge < -0.3 is 9.90 Å². The predicted octanol–water partition coefficient (Wildman–Crippen LogP) is 2.69. The Bertz CT molecular complexity index is 818. The Morgan fingerprint density at radius 3 is 2.27 bits per heavy atom. The van der Waals surface area contributed by atoms with Gasteiger partial charge in [-0.05, 0) is 31.0 Å². The van der Waals surface area contributed by atoms with Crippen LogP contribution in [0.2, 0.25) is 0 Å². The van der Waals surface area contributed by atoms with E-state index in [0.717, 1.165) is 0 Å². The van der Waals surface area contributed by atoms with Gasteiger partial charge in [0, 0.05) is 23.1 Å². The van der Waals surface area contributed by atoms with Crippen molar-refractivity contribution in [3.05, 3.63) is 64.2 Å². The number of benzene rings is 2. The molecule has 0 saturated carbocycles. The summed E-state index contributed by atoms with van der Waals surface area (Å²) in [7, 11) is 0. The largest absolute Gasteiger partial charge is 0.507 e. The summed E-state index contributed by atoms with van der Waals surface area (Å²) >= 11 is 0. The lowest BCUT2D eigenvalue weighted by atomic mass is 9.82. The molecule has 0 aliphatic heterocycles. The van der Waals surface area contributed by atoms with Crippen molar-refractivity contribution in [2.45, 2.75) is 19.8 Å². The van der Waals surface area contributed by atoms with E-state index in [4.69, 9.17) is 0 Å². The highest BCUT2D eigenvalue weighted by Gasteiger charge is 2.32. The van der Waals surface area contributed by atoms with E-state index in [2.05, 4.69) is 0 Å². The number of carbonyl (C=O) groups excluding carboxylic acids is 3. The fourth-order valence-corrected chi connectivity index (χ4v) is 2.73. The summed E-state index contributed by atoms with van der Waals surface area (Å²) in [6.45, 7) is 1.49. The van der Waals surface area contributed by atoms with Gasteiger partial charge in [-0.1, -0.05) is 24.3 Å². The van der Waals surface area contributed by atoms with Crippen LogP contribution in [-0.4, -0.2) is 22.5 Å². The average molecular weight is 294 g/mol. The molecule has 0 aromatic heterocycles. The van der Waals surface area contributed by atoms with Gasteiger partial charge in [0.25, 0.3) is 0 Å². The van der Waals surface area contributed by atoms with Crippen LogP contribution in [0.5, 0.6) is 5.75 Å². The molecule has 0 atom stereocenters. The molecule has 0 saturated heterocycles. The van der Waals surface area contributed by atoms with Gasteiger partial charge >= 0.3 is 0 Å². The van der Waals surface area contributed by atoms with Crippen molar-refractivity contribution in [2.75, 3.05) is 0 Å². The molecule has 4 heteroatoms. The van der Waals surface area contributed by atoms with Gasteiger partial charge in [-0.2, -0.15) is 0 Å². The van der Waals surface area contributed by atoms with Gasteiger partial charge in [0.1, 0.15) is 11.5 Å². The molecule has 1 aliphatic carbocycles. The average Bonchev–Trinajstić information content (AvgIpc) is 2.50. The molecule has 0 heterocycles. The summed E-state index contributed by atoms with van der Waals surface area (Å²) < 4.78 is 0. The first-order valence-electron chi connectivity index (χ1n) is 7.03. The molecule has 4 nitrogen and oxygen atoms in total. The van der Waals surface area contributed by atoms with Gasteiger partial charge in [0.2, 0.25) is 0 Å². The molecule has 110 valence electrons. The number of phenols is 1. The first-order chi connectivity index (χ1) is 10.5. The van der Waals surface area contributed by atoms with Crippen molar-refractivity contribution < 1.29 is 19.5 Å². The number of aromatic hydroxyl groups is 1. The number of fused-ring (bicyclic) bond motifs is 2. The summed E-state index contributed by atoms with van der Waals surface area (Å²) in [4.78, 5) is 36.1. The first kappa shape index (κ1) is 14.2. The van der Waals surface area contributed by atoms with Crippen LogP contribution >= 0.6 is 0 Å². The van der Waals surface area contributed by atoms with Crippen molar-refractivity contribution in [2.24, 2.45) is 0 Å². The van der Waals surface area contributed by atoms with Gasteiger partial charge in [0.15, 0.2) is 11.6 Å². The first-order valence-corrected chi connectivity index (χ1v) is 7.03. The molecular weight excluding hydrogens is 280 g/mol. The maximum Gasteiger partial charge on any atom is 0.198 e. The topological polar surface area (TPSA) is 71.4 Å². The van der Waals surface area contributed by atoms with Crippen molar-refractivity contribution in [3.63, 3.8) is 0 Å². The lowest BCUT2D eigenvalue weighted by Gasteiger charge is -2.19. The second-order valence-electron chi connectivity index (χ2n) is 5.44. The Morgan fingerprint density at radius 2 is 1.64 bits per heavy atom. The van der Waals surface area contributed by atoms with Crippen LogP contribution in [-0.2, 0) is 11.2 Å². The molecule has 2 aromatic carbocycles. The molecule has 1 N–H and O–H groups in total. The minimum atomic E-state index is -0.346. The highest BCUT2D eigenvalue weighted by Crippen LogP contribution is 2.33. The van der Waals surface area contributed by atoms with E-state index in [1.54, 1.807) is 30.3 Å². The number of rotatable bonds is 3. The van der Waals surface area contributed by atoms with Gasteiger partial charge in [0.05, 0.1) is 5.56 Å². The summed E-state index contributed by atoms with van der Waals surface area (Å²) in [5.41, 5.74) is 1.60. The molecule has 22 heavy (non-hydrogen) atoms. The zero-order valence-corrected chi connectivity index (χ0v) is 12.1. The monoisotopic (exact) mass is 294 g/mol. The van der Waals surface area contributed by atoms with E-state index in [1.165, 1.54) is 13.0 Å². The Hall–Kier alpha value is -2.75. The SMILES string of the molecule is CC(=O)CCc1cc(O)c2c(c1)C(=O)c1ccccc1C2=O. The van der Waals surface area contributed by atoms with Crippen LogP contribution < -0.4 is 0 Å². The summed E-state index contributed by atoms with van der Waals surface area (Å²) in [5, 5.41) is 10.2. The standard InChI is InChI=1S/C18H14O4/c1-10(19)6-7-11-8-14-16(15(20)9-11)18(22)13-5-3-2-4-12(13)17(14)21/h2-5,8-9,20H,6-7H2,1H3. The number of ketones is 3. The number of hydrogen-bond donors (Lipinski definition) is 1. The van der Waals surface area contributed by atoms with Crippen LogP contribution in [0.4, 0.5) is 0 Å². The second-order valence-corrected chi connectivity index (χ2v) is 5.44. The molecular formula is C18H14O4. The fourth-order valence-electron chi connectivity index (χ4n) is 2.73. The lowest BCUT2D eigenvalue weighted by Crippen LogP contribution is -2.21. The van der Waals surface area contributed by atoms with E-state index < -0.39 is 0 Å². The molecule has 0 bridgehead atoms. The van der Waals surface area contributed by atoms with Crippen molar-refractivity contribution in [1.82, 2.24) is 0 Å². The molecule has 3 rings (SSSR count). The molecule has 0 radical (unpaired) electrons. The Balaban J connectivity index is 2.12. The maximum absolute atomic E-state index is 12.6. The summed E-state index contributed by atoms with van der Waals surface area (Å²) in [6, 6.07) is 9.65. The minimum Gasteiger partial charge on any atom is -0.507 e. The predicted molar refractivity (Wildman–Crippen MR) is 80.4 cm³/mol. The number of carbonyl (C=O) groups is 3. The van der Waals surface area contributed by atoms with Crippen molar-refractivity contribution >= 4 is 17.3 Å². The number of hydrogen-bond acceptors (Lipinski definition) is 4. The highest BCUT2D eigenvalue weighted by molar-refractivity contribution is 6.29. The van der Waals surface area contributed by atoms with E-state index >= 15 is 0 Å². The van der Waals surface area contributed by atoms with Gasteiger partial charge in [-0.3, -0.25) is 9.59 Å². The Labute approximate surface area is 127 Å². The molecule has 0 amide bonds. The van der Waals surface area contributed by atoms with Crippen molar-refractivity contribution in [3.8, 4) is 5.75 Å². The number of phenolic OH excluding ortho intramolecular Hbond substituents is 1. The van der Waals surface area contributed by atoms with E-state index in [0.29, 0.717) is 29.5 Å². The van der Waals surface area contributed by atoms with Crippen LogP contribution in [0.15, 0.2) is 36.4 Å². The summed E-state index contributed by atoms with van der Waals surface area (Å²) in [5.74, 6) is -0.792. The Kier molecular flexibility index (Phi) is 3.37. The fraction of sp³-hybridized carbons (Fsp3) is 0.167. The zero-order valence-electron chi connectivity index (χ0n) is 12.1. The molecule has 0 fully saturated rings. The minimum absolute atomic E-state index is 0.0324. The lowest BCUT2D eigenvalue weighted by molar-refractivity contribution is -0.116. The normalized spacial score (nSPS) is 12.8. The molecule has 0 unspecified atom stereocenters. The van der Waals surface area contributed by atoms with E-state index in [-0.39, 0.29) is 34.2 Å². The van der Waals surface area contributed by atoms with E-state index in [1.807, 2.05) is 0 Å². The van der Waals surface area contributed by atoms with Crippen LogP contribution in [0.1, 0.15) is 50.8 Å². The number of Topliss-reactive ketones (excluding diaryl/α,β-unsaturated/α-hetero) is 1. The van der Waals surface area contributed by atoms with Gasteiger partial charge in [-0.15, -0.1) is 0 Å². The quantitative estimate of drug-likeness (QED) is 0.806. The van der Waals surface area contributed by atoms with Crippen molar-refractivity contribution in [1.29, 1.82) is 0 Å². The third-order valence-electron chi connectivity index (χ3n) is 3.83. The van der Waals surface area contributed by atoms with Crippen LogP contribution in [0.25, 0.3) is 0 Å². The zero-order chi connectivity index (χ0) is 15.9. The third-order valence-corrected chi connectivity index (χ3v) is 3.83. The van der Waals surface area contributed by atoms with Gasteiger partial charge in [-0.25, -0.2) is 0 Å². The highest BCUT2D eigenvalue weighted by atomic mass is 16.3. The van der Waals surface area contributed by atoms with Crippen LogP contribution in [0, 0.1) is 0 Å². The number of aryl methyl sites for hydroxylation is 1. The smallest absolute Gasteiger partial charge is 0.198 e. The molecule has 2 aromatic rings. The second kappa shape index (κ2) is 5.22. The molecule has 1 aliphatic rings. The maximum atomic E-state index is 12.6. The Morgan fingerprint density at radius 1 is 1.00 bits per heavy atom. The van der Waals surface area contributed by atoms with E-state index in [9.17, 15) is 19.5 Å².